The first-order valence-corrected chi connectivity index (χ1v) is 4.91. The van der Waals surface area contributed by atoms with E-state index in [1.807, 2.05) is 13.8 Å². The van der Waals surface area contributed by atoms with Crippen LogP contribution < -0.4 is 16.3 Å². The molecule has 1 unspecified atom stereocenters. The van der Waals surface area contributed by atoms with E-state index in [0.717, 1.165) is 11.1 Å². The van der Waals surface area contributed by atoms with Gasteiger partial charge in [0.05, 0.1) is 0 Å². The fourth-order valence-electron chi connectivity index (χ4n) is 1.21. The third kappa shape index (κ3) is 2.08. The van der Waals surface area contributed by atoms with Gasteiger partial charge in [-0.2, -0.15) is 4.68 Å². The van der Waals surface area contributed by atoms with Gasteiger partial charge in [0.25, 0.3) is 5.56 Å². The lowest BCUT2D eigenvalue weighted by molar-refractivity contribution is 0.647. The summed E-state index contributed by atoms with van der Waals surface area (Å²) in [6.07, 6.45) is 0.839. The van der Waals surface area contributed by atoms with E-state index in [-0.39, 0.29) is 11.5 Å². The maximum Gasteiger partial charge on any atom is 0.295 e. The Morgan fingerprint density at radius 1 is 1.47 bits per heavy atom. The van der Waals surface area contributed by atoms with E-state index in [0.29, 0.717) is 11.6 Å². The van der Waals surface area contributed by atoms with E-state index in [1.165, 1.54) is 0 Å². The molecule has 6 nitrogen and oxygen atoms in total. The van der Waals surface area contributed by atoms with E-state index in [4.69, 9.17) is 5.84 Å². The van der Waals surface area contributed by atoms with Gasteiger partial charge in [-0.1, -0.05) is 13.8 Å². The van der Waals surface area contributed by atoms with Gasteiger partial charge in [-0.3, -0.25) is 4.79 Å². The van der Waals surface area contributed by atoms with Crippen molar-refractivity contribution in [1.29, 1.82) is 0 Å². The Morgan fingerprint density at radius 3 is 2.53 bits per heavy atom. The molecule has 1 rings (SSSR count). The van der Waals surface area contributed by atoms with Crippen LogP contribution in [-0.2, 0) is 0 Å². The fraction of sp³-hybridized carbons (Fsp3) is 0.667. The highest BCUT2D eigenvalue weighted by Gasteiger charge is 2.15. The van der Waals surface area contributed by atoms with Crippen LogP contribution in [0.4, 0.5) is 5.95 Å². The quantitative estimate of drug-likeness (QED) is 0.708. The molecule has 0 aliphatic carbocycles. The predicted molar refractivity (Wildman–Crippen MR) is 59.5 cm³/mol. The normalized spacial score (nSPS) is 12.5. The molecular weight excluding hydrogens is 194 g/mol. The summed E-state index contributed by atoms with van der Waals surface area (Å²) in [6.45, 7) is 3.92. The lowest BCUT2D eigenvalue weighted by Gasteiger charge is -2.15. The summed E-state index contributed by atoms with van der Waals surface area (Å²) in [5.41, 5.74) is 0.147. The molecule has 15 heavy (non-hydrogen) atoms. The SMILES string of the molecule is CCC(C)c1nnc(N(C)C)n(N)c1=O. The van der Waals surface area contributed by atoms with Crippen molar-refractivity contribution in [3.8, 4) is 0 Å². The fourth-order valence-corrected chi connectivity index (χ4v) is 1.21. The zero-order chi connectivity index (χ0) is 11.6. The summed E-state index contributed by atoms with van der Waals surface area (Å²) in [4.78, 5) is 13.5. The molecule has 1 heterocycles. The van der Waals surface area contributed by atoms with Crippen molar-refractivity contribution >= 4 is 5.95 Å². The summed E-state index contributed by atoms with van der Waals surface area (Å²) in [7, 11) is 3.52. The minimum Gasteiger partial charge on any atom is -0.346 e. The topological polar surface area (TPSA) is 77.0 Å². The second-order valence-electron chi connectivity index (χ2n) is 3.76. The van der Waals surface area contributed by atoms with Crippen LogP contribution in [0.2, 0.25) is 0 Å². The van der Waals surface area contributed by atoms with Crippen molar-refractivity contribution in [2.75, 3.05) is 24.8 Å². The lowest BCUT2D eigenvalue weighted by atomic mass is 10.1. The molecule has 0 aliphatic heterocycles. The molecule has 0 spiro atoms. The van der Waals surface area contributed by atoms with E-state index >= 15 is 0 Å². The van der Waals surface area contributed by atoms with Gasteiger partial charge in [0, 0.05) is 20.0 Å². The number of anilines is 1. The average Bonchev–Trinajstić information content (AvgIpc) is 2.20. The van der Waals surface area contributed by atoms with E-state index in [1.54, 1.807) is 19.0 Å². The van der Waals surface area contributed by atoms with Crippen LogP contribution in [0.1, 0.15) is 31.9 Å². The first-order chi connectivity index (χ1) is 6.99. The van der Waals surface area contributed by atoms with E-state index in [9.17, 15) is 4.79 Å². The first kappa shape index (κ1) is 11.5. The molecule has 1 aromatic heterocycles. The second-order valence-corrected chi connectivity index (χ2v) is 3.76. The Morgan fingerprint density at radius 2 is 2.07 bits per heavy atom. The Labute approximate surface area is 88.7 Å². The second kappa shape index (κ2) is 4.29. The maximum absolute atomic E-state index is 11.8. The van der Waals surface area contributed by atoms with E-state index < -0.39 is 0 Å². The molecule has 6 heteroatoms. The molecule has 0 fully saturated rings. The number of hydrogen-bond donors (Lipinski definition) is 1. The molecule has 0 saturated heterocycles. The summed E-state index contributed by atoms with van der Waals surface area (Å²) < 4.78 is 1.04. The predicted octanol–water partition coefficient (Wildman–Crippen LogP) is -0.0684. The largest absolute Gasteiger partial charge is 0.346 e. The van der Waals surface area contributed by atoms with Crippen molar-refractivity contribution in [3.05, 3.63) is 16.0 Å². The van der Waals surface area contributed by atoms with Gasteiger partial charge in [-0.25, -0.2) is 0 Å². The van der Waals surface area contributed by atoms with Crippen LogP contribution in [0, 0.1) is 0 Å². The first-order valence-electron chi connectivity index (χ1n) is 4.91. The van der Waals surface area contributed by atoms with Gasteiger partial charge >= 0.3 is 0 Å². The van der Waals surface area contributed by atoms with Gasteiger partial charge in [0.15, 0.2) is 0 Å². The van der Waals surface area contributed by atoms with Gasteiger partial charge in [0.1, 0.15) is 5.69 Å². The van der Waals surface area contributed by atoms with Crippen LogP contribution in [0.15, 0.2) is 4.79 Å². The minimum absolute atomic E-state index is 0.0796. The molecule has 0 aromatic carbocycles. The molecule has 0 radical (unpaired) electrons. The molecule has 1 aromatic rings. The number of hydrogen-bond acceptors (Lipinski definition) is 5. The zero-order valence-corrected chi connectivity index (χ0v) is 9.56. The van der Waals surface area contributed by atoms with Gasteiger partial charge < -0.3 is 10.7 Å². The molecule has 0 bridgehead atoms. The van der Waals surface area contributed by atoms with Crippen molar-refractivity contribution in [2.45, 2.75) is 26.2 Å². The summed E-state index contributed by atoms with van der Waals surface area (Å²) >= 11 is 0. The minimum atomic E-state index is -0.275. The average molecular weight is 211 g/mol. The Balaban J connectivity index is 3.28. The number of nitrogens with two attached hydrogens (primary N) is 1. The zero-order valence-electron chi connectivity index (χ0n) is 9.56. The van der Waals surface area contributed by atoms with Crippen LogP contribution in [0.25, 0.3) is 0 Å². The summed E-state index contributed by atoms with van der Waals surface area (Å²) in [5, 5.41) is 7.85. The molecule has 1 atom stereocenters. The van der Waals surface area contributed by atoms with Crippen LogP contribution in [0.5, 0.6) is 0 Å². The van der Waals surface area contributed by atoms with Gasteiger partial charge in [-0.05, 0) is 6.42 Å². The van der Waals surface area contributed by atoms with Crippen LogP contribution in [0.3, 0.4) is 0 Å². The van der Waals surface area contributed by atoms with Crippen LogP contribution in [-0.4, -0.2) is 29.0 Å². The number of aromatic nitrogens is 3. The Bertz CT molecular complexity index is 398. The molecule has 0 aliphatic rings. The smallest absolute Gasteiger partial charge is 0.295 e. The number of rotatable bonds is 3. The third-order valence-corrected chi connectivity index (χ3v) is 2.38. The number of nitrogens with zero attached hydrogens (tertiary/aromatic N) is 4. The lowest BCUT2D eigenvalue weighted by Crippen LogP contribution is -2.37. The molecular formula is C9H17N5O. The Hall–Kier alpha value is -1.59. The Kier molecular flexibility index (Phi) is 3.28. The highest BCUT2D eigenvalue weighted by molar-refractivity contribution is 5.27. The van der Waals surface area contributed by atoms with Crippen LogP contribution >= 0.6 is 0 Å². The molecule has 0 amide bonds. The van der Waals surface area contributed by atoms with Crippen molar-refractivity contribution < 1.29 is 0 Å². The van der Waals surface area contributed by atoms with Crippen molar-refractivity contribution in [2.24, 2.45) is 0 Å². The van der Waals surface area contributed by atoms with Gasteiger partial charge in [-0.15, -0.1) is 10.2 Å². The van der Waals surface area contributed by atoms with E-state index in [2.05, 4.69) is 10.2 Å². The monoisotopic (exact) mass is 211 g/mol. The number of nitrogen functional groups attached to an aromatic ring is 1. The molecule has 2 N–H and O–H groups in total. The summed E-state index contributed by atoms with van der Waals surface area (Å²) in [6, 6.07) is 0. The third-order valence-electron chi connectivity index (χ3n) is 2.38. The summed E-state index contributed by atoms with van der Waals surface area (Å²) in [5.74, 6) is 6.07. The van der Waals surface area contributed by atoms with Crippen molar-refractivity contribution in [3.63, 3.8) is 0 Å². The highest BCUT2D eigenvalue weighted by atomic mass is 16.1. The highest BCUT2D eigenvalue weighted by Crippen LogP contribution is 2.12. The maximum atomic E-state index is 11.8. The van der Waals surface area contributed by atoms with Crippen molar-refractivity contribution in [1.82, 2.24) is 14.9 Å². The standard InChI is InChI=1S/C9H17N5O/c1-5-6(2)7-8(15)14(10)9(12-11-7)13(3)4/h6H,5,10H2,1-4H3. The van der Waals surface area contributed by atoms with Gasteiger partial charge in [0.2, 0.25) is 5.95 Å². The molecule has 84 valence electrons. The molecule has 0 saturated carbocycles.